The summed E-state index contributed by atoms with van der Waals surface area (Å²) >= 11 is 0. The fraction of sp³-hybridized carbons (Fsp3) is 0.100. The van der Waals surface area contributed by atoms with E-state index in [1.807, 2.05) is 0 Å². The van der Waals surface area contributed by atoms with E-state index in [0.29, 0.717) is 0 Å². The van der Waals surface area contributed by atoms with E-state index in [4.69, 9.17) is 0 Å². The minimum absolute atomic E-state index is 0. The predicted molar refractivity (Wildman–Crippen MR) is 44.3 cm³/mol. The Bertz CT molecular complexity index is 346. The summed E-state index contributed by atoms with van der Waals surface area (Å²) in [6, 6.07) is 12.9. The Morgan fingerprint density at radius 2 is 2.00 bits per heavy atom. The Morgan fingerprint density at radius 3 is 2.82 bits per heavy atom. The Hall–Kier alpha value is -0.287. The molecule has 0 atom stereocenters. The molecule has 0 aliphatic rings. The summed E-state index contributed by atoms with van der Waals surface area (Å²) in [5, 5.41) is 2.69. The molecule has 2 aromatic carbocycles. The van der Waals surface area contributed by atoms with Crippen molar-refractivity contribution in [2.75, 3.05) is 0 Å². The van der Waals surface area contributed by atoms with E-state index in [2.05, 4.69) is 43.3 Å². The second-order valence-electron chi connectivity index (χ2n) is 2.66. The molecule has 0 unspecified atom stereocenters. The molecule has 0 spiro atoms. The quantitative estimate of drug-likeness (QED) is 0.599. The van der Waals surface area contributed by atoms with Crippen LogP contribution in [0.5, 0.6) is 0 Å². The van der Waals surface area contributed by atoms with Crippen LogP contribution in [0, 0.1) is 6.92 Å². The fourth-order valence-corrected chi connectivity index (χ4v) is 1.25. The molecule has 0 bridgehead atoms. The zero-order chi connectivity index (χ0) is 6.97. The van der Waals surface area contributed by atoms with E-state index < -0.39 is 0 Å². The fourth-order valence-electron chi connectivity index (χ4n) is 1.25. The van der Waals surface area contributed by atoms with Crippen molar-refractivity contribution in [3.8, 4) is 0 Å². The van der Waals surface area contributed by atoms with Crippen LogP contribution in [0.3, 0.4) is 0 Å². The molecule has 2 aromatic rings. The summed E-state index contributed by atoms with van der Waals surface area (Å²) in [5.41, 5.74) is 1.33. The Balaban J connectivity index is 0.000000605. The summed E-state index contributed by atoms with van der Waals surface area (Å²) in [7, 11) is 0. The van der Waals surface area contributed by atoms with Gasteiger partial charge in [-0.05, 0) is 6.92 Å². The molecule has 54 valence electrons. The van der Waals surface area contributed by atoms with Gasteiger partial charge >= 0.3 is 0 Å². The summed E-state index contributed by atoms with van der Waals surface area (Å²) in [5.74, 6) is 0. The van der Waals surface area contributed by atoms with Crippen LogP contribution in [0.1, 0.15) is 5.56 Å². The number of hydrogen-bond acceptors (Lipinski definition) is 0. The van der Waals surface area contributed by atoms with Crippen LogP contribution in [0.25, 0.3) is 10.8 Å². The standard InChI is InChI=1S/C10H9.Zr/c1-8-5-6-9-3-2-4-10(9)7-8;/h2-7H,1H3;/q-1;. The van der Waals surface area contributed by atoms with Gasteiger partial charge in [-0.3, -0.25) is 0 Å². The first kappa shape index (κ1) is 8.81. The first-order valence-electron chi connectivity index (χ1n) is 3.48. The summed E-state index contributed by atoms with van der Waals surface area (Å²) in [4.78, 5) is 0. The van der Waals surface area contributed by atoms with Crippen molar-refractivity contribution in [3.63, 3.8) is 0 Å². The minimum atomic E-state index is 0. The van der Waals surface area contributed by atoms with E-state index in [0.717, 1.165) is 0 Å². The molecule has 0 saturated carbocycles. The molecule has 1 heteroatoms. The van der Waals surface area contributed by atoms with Gasteiger partial charge < -0.3 is 0 Å². The summed E-state index contributed by atoms with van der Waals surface area (Å²) < 4.78 is 0. The van der Waals surface area contributed by atoms with Crippen molar-refractivity contribution in [2.24, 2.45) is 0 Å². The number of benzene rings is 1. The van der Waals surface area contributed by atoms with Crippen molar-refractivity contribution < 1.29 is 26.2 Å². The first-order chi connectivity index (χ1) is 4.86. The second-order valence-corrected chi connectivity index (χ2v) is 2.66. The van der Waals surface area contributed by atoms with Crippen molar-refractivity contribution in [3.05, 3.63) is 42.0 Å². The molecule has 0 saturated heterocycles. The van der Waals surface area contributed by atoms with E-state index in [9.17, 15) is 0 Å². The summed E-state index contributed by atoms with van der Waals surface area (Å²) in [6.45, 7) is 2.12. The largest absolute Gasteiger partial charge is 0.168 e. The molecule has 11 heavy (non-hydrogen) atoms. The van der Waals surface area contributed by atoms with Gasteiger partial charge in [0.1, 0.15) is 0 Å². The van der Waals surface area contributed by atoms with Gasteiger partial charge in [0.15, 0.2) is 0 Å². The Kier molecular flexibility index (Phi) is 2.73. The van der Waals surface area contributed by atoms with E-state index in [1.54, 1.807) is 0 Å². The van der Waals surface area contributed by atoms with Gasteiger partial charge in [0.25, 0.3) is 0 Å². The molecular formula is C10H9Zr-. The zero-order valence-corrected chi connectivity index (χ0v) is 8.92. The first-order valence-corrected chi connectivity index (χ1v) is 3.48. The van der Waals surface area contributed by atoms with Gasteiger partial charge in [0.05, 0.1) is 0 Å². The molecule has 0 heterocycles. The van der Waals surface area contributed by atoms with Gasteiger partial charge in [-0.2, -0.15) is 17.5 Å². The van der Waals surface area contributed by atoms with Crippen LogP contribution >= 0.6 is 0 Å². The third-order valence-electron chi connectivity index (χ3n) is 1.79. The molecule has 0 fully saturated rings. The van der Waals surface area contributed by atoms with Crippen LogP contribution in [0.4, 0.5) is 0 Å². The van der Waals surface area contributed by atoms with Crippen molar-refractivity contribution >= 4 is 10.8 Å². The van der Waals surface area contributed by atoms with Gasteiger partial charge in [-0.1, -0.05) is 5.56 Å². The minimum Gasteiger partial charge on any atom is -0.168 e. The number of fused-ring (bicyclic) bond motifs is 1. The van der Waals surface area contributed by atoms with Crippen LogP contribution < -0.4 is 0 Å². The van der Waals surface area contributed by atoms with Crippen LogP contribution in [-0.2, 0) is 26.2 Å². The maximum Gasteiger partial charge on any atom is 0 e. The van der Waals surface area contributed by atoms with Gasteiger partial charge in [0, 0.05) is 26.2 Å². The van der Waals surface area contributed by atoms with Crippen LogP contribution in [0.15, 0.2) is 36.4 Å². The van der Waals surface area contributed by atoms with Crippen molar-refractivity contribution in [2.45, 2.75) is 6.92 Å². The van der Waals surface area contributed by atoms with Gasteiger partial charge in [-0.25, -0.2) is 0 Å². The zero-order valence-electron chi connectivity index (χ0n) is 6.46. The average molecular weight is 220 g/mol. The SMILES string of the molecule is Cc1ccc2[cH-]ccc2c1.[Zr]. The van der Waals surface area contributed by atoms with Crippen molar-refractivity contribution in [1.29, 1.82) is 0 Å². The Morgan fingerprint density at radius 1 is 1.18 bits per heavy atom. The topological polar surface area (TPSA) is 0 Å². The molecular weight excluding hydrogens is 211 g/mol. The third-order valence-corrected chi connectivity index (χ3v) is 1.79. The van der Waals surface area contributed by atoms with Crippen LogP contribution in [-0.4, -0.2) is 0 Å². The Labute approximate surface area is 85.7 Å². The molecule has 2 rings (SSSR count). The van der Waals surface area contributed by atoms with E-state index in [-0.39, 0.29) is 26.2 Å². The summed E-state index contributed by atoms with van der Waals surface area (Å²) in [6.07, 6.45) is 0. The molecule has 0 aliphatic heterocycles. The molecule has 0 nitrogen and oxygen atoms in total. The number of hydrogen-bond donors (Lipinski definition) is 0. The maximum absolute atomic E-state index is 2.20. The second kappa shape index (κ2) is 3.41. The normalized spacial score (nSPS) is 9.55. The van der Waals surface area contributed by atoms with Crippen molar-refractivity contribution in [1.82, 2.24) is 0 Å². The predicted octanol–water partition coefficient (Wildman–Crippen LogP) is 2.86. The smallest absolute Gasteiger partial charge is 0 e. The average Bonchev–Trinajstić information content (AvgIpc) is 2.33. The van der Waals surface area contributed by atoms with Crippen LogP contribution in [0.2, 0.25) is 0 Å². The monoisotopic (exact) mass is 219 g/mol. The van der Waals surface area contributed by atoms with E-state index >= 15 is 0 Å². The third kappa shape index (κ3) is 1.65. The number of aryl methyl sites for hydroxylation is 1. The molecule has 0 aliphatic carbocycles. The number of rotatable bonds is 0. The maximum atomic E-state index is 2.20. The molecule has 0 radical (unpaired) electrons. The molecule has 0 amide bonds. The molecule has 0 aromatic heterocycles. The van der Waals surface area contributed by atoms with Gasteiger partial charge in [-0.15, -0.1) is 29.7 Å². The van der Waals surface area contributed by atoms with Gasteiger partial charge in [0.2, 0.25) is 0 Å². The molecule has 0 N–H and O–H groups in total. The van der Waals surface area contributed by atoms with E-state index in [1.165, 1.54) is 16.3 Å².